The minimum atomic E-state index is -0.878. The highest BCUT2D eigenvalue weighted by Crippen LogP contribution is 2.32. The number of hydrogen-bond acceptors (Lipinski definition) is 1. The predicted molar refractivity (Wildman–Crippen MR) is 75.8 cm³/mol. The second-order valence-electron chi connectivity index (χ2n) is 5.23. The smallest absolute Gasteiger partial charge is 0.328 e. The third-order valence-corrected chi connectivity index (χ3v) is 3.56. The van der Waals surface area contributed by atoms with E-state index in [-0.39, 0.29) is 5.92 Å². The Bertz CT molecular complexity index is 482. The molecule has 0 heterocycles. The van der Waals surface area contributed by atoms with Crippen molar-refractivity contribution in [2.45, 2.75) is 41.5 Å². The van der Waals surface area contributed by atoms with Gasteiger partial charge in [0, 0.05) is 6.08 Å². The SMILES string of the molecule is Cc1cc(C)c(C)c(/C(=C/C(=O)O)C(C)C)c1C. The summed E-state index contributed by atoms with van der Waals surface area (Å²) in [5.41, 5.74) is 6.79. The van der Waals surface area contributed by atoms with Crippen molar-refractivity contribution in [1.82, 2.24) is 0 Å². The van der Waals surface area contributed by atoms with Gasteiger partial charge in [-0.2, -0.15) is 0 Å². The average Bonchev–Trinajstić information content (AvgIpc) is 2.24. The Balaban J connectivity index is 3.61. The fourth-order valence-electron chi connectivity index (χ4n) is 2.31. The molecular weight excluding hydrogens is 224 g/mol. The Morgan fingerprint density at radius 3 is 1.89 bits per heavy atom. The highest BCUT2D eigenvalue weighted by molar-refractivity contribution is 5.91. The molecular formula is C16H22O2. The van der Waals surface area contributed by atoms with Gasteiger partial charge in [-0.05, 0) is 67.0 Å². The van der Waals surface area contributed by atoms with Crippen LogP contribution in [0.5, 0.6) is 0 Å². The molecule has 0 saturated heterocycles. The van der Waals surface area contributed by atoms with Gasteiger partial charge >= 0.3 is 5.97 Å². The lowest BCUT2D eigenvalue weighted by Crippen LogP contribution is -2.05. The first kappa shape index (κ1) is 14.5. The molecule has 0 aliphatic carbocycles. The first-order valence-corrected chi connectivity index (χ1v) is 6.28. The van der Waals surface area contributed by atoms with Gasteiger partial charge < -0.3 is 5.11 Å². The molecule has 0 aliphatic rings. The highest BCUT2D eigenvalue weighted by Gasteiger charge is 2.16. The molecule has 0 atom stereocenters. The van der Waals surface area contributed by atoms with Gasteiger partial charge in [-0.1, -0.05) is 19.9 Å². The fraction of sp³-hybridized carbons (Fsp3) is 0.438. The number of benzene rings is 1. The second-order valence-corrected chi connectivity index (χ2v) is 5.23. The zero-order valence-corrected chi connectivity index (χ0v) is 12.1. The molecule has 0 bridgehead atoms. The van der Waals surface area contributed by atoms with E-state index in [1.165, 1.54) is 28.3 Å². The van der Waals surface area contributed by atoms with Crippen LogP contribution in [-0.2, 0) is 4.79 Å². The monoisotopic (exact) mass is 246 g/mol. The molecule has 1 aromatic carbocycles. The van der Waals surface area contributed by atoms with Crippen LogP contribution in [0.25, 0.3) is 5.57 Å². The van der Waals surface area contributed by atoms with Crippen molar-refractivity contribution >= 4 is 11.5 Å². The quantitative estimate of drug-likeness (QED) is 0.817. The molecule has 0 unspecified atom stereocenters. The summed E-state index contributed by atoms with van der Waals surface area (Å²) in [5, 5.41) is 9.04. The topological polar surface area (TPSA) is 37.3 Å². The largest absolute Gasteiger partial charge is 0.478 e. The lowest BCUT2D eigenvalue weighted by molar-refractivity contribution is -0.131. The molecule has 0 spiro atoms. The average molecular weight is 246 g/mol. The van der Waals surface area contributed by atoms with E-state index in [4.69, 9.17) is 5.11 Å². The van der Waals surface area contributed by atoms with Gasteiger partial charge in [0.2, 0.25) is 0 Å². The van der Waals surface area contributed by atoms with Crippen LogP contribution in [0.2, 0.25) is 0 Å². The summed E-state index contributed by atoms with van der Waals surface area (Å²) in [6.45, 7) is 12.3. The van der Waals surface area contributed by atoms with Crippen LogP contribution in [0.4, 0.5) is 0 Å². The minimum Gasteiger partial charge on any atom is -0.478 e. The molecule has 2 nitrogen and oxygen atoms in total. The number of carboxylic acid groups (broad SMARTS) is 1. The third kappa shape index (κ3) is 2.81. The van der Waals surface area contributed by atoms with Gasteiger partial charge in [-0.3, -0.25) is 0 Å². The van der Waals surface area contributed by atoms with E-state index in [9.17, 15) is 4.79 Å². The van der Waals surface area contributed by atoms with Crippen molar-refractivity contribution < 1.29 is 9.90 Å². The maximum absolute atomic E-state index is 11.0. The van der Waals surface area contributed by atoms with Crippen LogP contribution in [-0.4, -0.2) is 11.1 Å². The summed E-state index contributed by atoms with van der Waals surface area (Å²) < 4.78 is 0. The van der Waals surface area contributed by atoms with Gasteiger partial charge in [-0.25, -0.2) is 4.79 Å². The maximum atomic E-state index is 11.0. The zero-order chi connectivity index (χ0) is 14.0. The van der Waals surface area contributed by atoms with Crippen molar-refractivity contribution in [3.63, 3.8) is 0 Å². The van der Waals surface area contributed by atoms with Crippen molar-refractivity contribution in [1.29, 1.82) is 0 Å². The molecule has 0 aliphatic heterocycles. The molecule has 0 amide bonds. The normalized spacial score (nSPS) is 12.1. The molecule has 1 aromatic rings. The van der Waals surface area contributed by atoms with Gasteiger partial charge in [0.05, 0.1) is 0 Å². The number of carbonyl (C=O) groups is 1. The molecule has 18 heavy (non-hydrogen) atoms. The lowest BCUT2D eigenvalue weighted by Gasteiger charge is -2.20. The minimum absolute atomic E-state index is 0.194. The number of aliphatic carboxylic acids is 1. The Morgan fingerprint density at radius 1 is 1.11 bits per heavy atom. The molecule has 1 rings (SSSR count). The van der Waals surface area contributed by atoms with Crippen molar-refractivity contribution in [2.75, 3.05) is 0 Å². The summed E-state index contributed by atoms with van der Waals surface area (Å²) in [7, 11) is 0. The van der Waals surface area contributed by atoms with Gasteiger partial charge in [0.1, 0.15) is 0 Å². The van der Waals surface area contributed by atoms with E-state index in [0.717, 1.165) is 11.1 Å². The first-order chi connectivity index (χ1) is 8.25. The Labute approximate surface area is 109 Å². The first-order valence-electron chi connectivity index (χ1n) is 6.28. The Hall–Kier alpha value is -1.57. The van der Waals surface area contributed by atoms with E-state index in [1.807, 2.05) is 13.8 Å². The highest BCUT2D eigenvalue weighted by atomic mass is 16.4. The maximum Gasteiger partial charge on any atom is 0.328 e. The van der Waals surface area contributed by atoms with E-state index >= 15 is 0 Å². The molecule has 2 heteroatoms. The second kappa shape index (κ2) is 5.38. The number of rotatable bonds is 3. The van der Waals surface area contributed by atoms with Crippen molar-refractivity contribution in [2.24, 2.45) is 5.92 Å². The molecule has 0 saturated carbocycles. The van der Waals surface area contributed by atoms with Crippen LogP contribution in [0.1, 0.15) is 41.7 Å². The lowest BCUT2D eigenvalue weighted by atomic mass is 9.85. The summed E-state index contributed by atoms with van der Waals surface area (Å²) in [5.74, 6) is -0.684. The van der Waals surface area contributed by atoms with Crippen molar-refractivity contribution in [3.05, 3.63) is 40.0 Å². The summed E-state index contributed by atoms with van der Waals surface area (Å²) in [4.78, 5) is 11.0. The summed E-state index contributed by atoms with van der Waals surface area (Å²) >= 11 is 0. The molecule has 0 aromatic heterocycles. The molecule has 98 valence electrons. The van der Waals surface area contributed by atoms with Crippen LogP contribution in [0, 0.1) is 33.6 Å². The number of hydrogen-bond donors (Lipinski definition) is 1. The number of allylic oxidation sites excluding steroid dienone is 1. The van der Waals surface area contributed by atoms with Crippen molar-refractivity contribution in [3.8, 4) is 0 Å². The number of aryl methyl sites for hydroxylation is 2. The van der Waals surface area contributed by atoms with Crippen LogP contribution < -0.4 is 0 Å². The zero-order valence-electron chi connectivity index (χ0n) is 12.1. The Morgan fingerprint density at radius 2 is 1.56 bits per heavy atom. The fourth-order valence-corrected chi connectivity index (χ4v) is 2.31. The Kier molecular flexibility index (Phi) is 4.33. The standard InChI is InChI=1S/C16H22O2/c1-9(2)14(8-15(17)18)16-12(5)10(3)7-11(4)13(16)6/h7-9H,1-6H3,(H,17,18)/b14-8+. The van der Waals surface area contributed by atoms with Gasteiger partial charge in [-0.15, -0.1) is 0 Å². The van der Waals surface area contributed by atoms with Crippen LogP contribution in [0.3, 0.4) is 0 Å². The predicted octanol–water partition coefficient (Wildman–Crippen LogP) is 4.04. The van der Waals surface area contributed by atoms with E-state index in [1.54, 1.807) is 0 Å². The van der Waals surface area contributed by atoms with Gasteiger partial charge in [0.15, 0.2) is 0 Å². The molecule has 0 fully saturated rings. The van der Waals surface area contributed by atoms with E-state index < -0.39 is 5.97 Å². The van der Waals surface area contributed by atoms with E-state index in [0.29, 0.717) is 0 Å². The van der Waals surface area contributed by atoms with Gasteiger partial charge in [0.25, 0.3) is 0 Å². The third-order valence-electron chi connectivity index (χ3n) is 3.56. The molecule has 1 N–H and O–H groups in total. The number of carboxylic acids is 1. The summed E-state index contributed by atoms with van der Waals surface area (Å²) in [6.07, 6.45) is 1.35. The molecule has 0 radical (unpaired) electrons. The van der Waals surface area contributed by atoms with E-state index in [2.05, 4.69) is 33.8 Å². The van der Waals surface area contributed by atoms with Crippen LogP contribution in [0.15, 0.2) is 12.1 Å². The van der Waals surface area contributed by atoms with Crippen LogP contribution >= 0.6 is 0 Å². The summed E-state index contributed by atoms with van der Waals surface area (Å²) in [6, 6.07) is 2.16.